The summed E-state index contributed by atoms with van der Waals surface area (Å²) in [6.07, 6.45) is -1.08. The number of hydrogen-bond donors (Lipinski definition) is 2. The van der Waals surface area contributed by atoms with Crippen LogP contribution < -0.4 is 5.73 Å². The van der Waals surface area contributed by atoms with E-state index in [4.69, 9.17) is 22.4 Å². The van der Waals surface area contributed by atoms with Gasteiger partial charge in [-0.3, -0.25) is 9.48 Å². The fraction of sp³-hybridized carbons (Fsp3) is 0.214. The molecule has 2 aromatic rings. The predicted molar refractivity (Wildman–Crippen MR) is 79.6 cm³/mol. The zero-order valence-electron chi connectivity index (χ0n) is 11.8. The number of fused-ring (bicyclic) bond motifs is 1. The minimum absolute atomic E-state index is 0.00946. The van der Waals surface area contributed by atoms with E-state index < -0.39 is 17.8 Å². The van der Waals surface area contributed by atoms with Crippen LogP contribution in [0, 0.1) is 5.82 Å². The molecule has 9 heteroatoms. The zero-order chi connectivity index (χ0) is 16.7. The fourth-order valence-electron chi connectivity index (χ4n) is 2.59. The van der Waals surface area contributed by atoms with Gasteiger partial charge in [0.25, 0.3) is 5.91 Å². The second-order valence-electron chi connectivity index (χ2n) is 5.09. The monoisotopic (exact) mass is 338 g/mol. The first-order valence-electron chi connectivity index (χ1n) is 6.71. The number of nitrogens with zero attached hydrogens (tertiary/aromatic N) is 3. The Hall–Kier alpha value is -2.61. The van der Waals surface area contributed by atoms with Crippen molar-refractivity contribution in [3.8, 4) is 11.3 Å². The lowest BCUT2D eigenvalue weighted by atomic mass is 10.0. The van der Waals surface area contributed by atoms with Crippen molar-refractivity contribution in [2.75, 3.05) is 6.54 Å². The van der Waals surface area contributed by atoms with Crippen molar-refractivity contribution in [1.82, 2.24) is 14.7 Å². The SMILES string of the molecule is NC(=O)c1c(-c2ccc(F)c(Cl)c2)nn2c1CN(C(=O)O)CC2. The molecule has 0 radical (unpaired) electrons. The van der Waals surface area contributed by atoms with Crippen molar-refractivity contribution in [1.29, 1.82) is 0 Å². The Morgan fingerprint density at radius 3 is 2.70 bits per heavy atom. The largest absolute Gasteiger partial charge is 0.465 e. The molecule has 120 valence electrons. The van der Waals surface area contributed by atoms with Crippen molar-refractivity contribution in [2.45, 2.75) is 13.1 Å². The molecule has 1 aromatic carbocycles. The molecule has 0 spiro atoms. The summed E-state index contributed by atoms with van der Waals surface area (Å²) in [6, 6.07) is 3.97. The van der Waals surface area contributed by atoms with E-state index in [9.17, 15) is 14.0 Å². The van der Waals surface area contributed by atoms with Crippen LogP contribution in [0.3, 0.4) is 0 Å². The molecule has 0 aliphatic carbocycles. The average molecular weight is 339 g/mol. The molecule has 23 heavy (non-hydrogen) atoms. The van der Waals surface area contributed by atoms with E-state index in [0.29, 0.717) is 17.8 Å². The van der Waals surface area contributed by atoms with E-state index in [-0.39, 0.29) is 29.4 Å². The molecule has 1 aliphatic rings. The number of aromatic nitrogens is 2. The van der Waals surface area contributed by atoms with Crippen LogP contribution in [-0.4, -0.2) is 38.3 Å². The smallest absolute Gasteiger partial charge is 0.407 e. The highest BCUT2D eigenvalue weighted by Crippen LogP contribution is 2.30. The van der Waals surface area contributed by atoms with Crippen molar-refractivity contribution < 1.29 is 19.1 Å². The van der Waals surface area contributed by atoms with Gasteiger partial charge in [0.15, 0.2) is 0 Å². The highest BCUT2D eigenvalue weighted by atomic mass is 35.5. The Balaban J connectivity index is 2.14. The predicted octanol–water partition coefficient (Wildman–Crippen LogP) is 1.94. The lowest BCUT2D eigenvalue weighted by molar-refractivity contribution is 0.0993. The molecule has 0 saturated heterocycles. The van der Waals surface area contributed by atoms with Crippen LogP contribution in [0.4, 0.5) is 9.18 Å². The maximum Gasteiger partial charge on any atom is 0.407 e. The fourth-order valence-corrected chi connectivity index (χ4v) is 2.77. The molecular weight excluding hydrogens is 327 g/mol. The minimum Gasteiger partial charge on any atom is -0.465 e. The summed E-state index contributed by atoms with van der Waals surface area (Å²) in [5, 5.41) is 13.3. The van der Waals surface area contributed by atoms with Gasteiger partial charge < -0.3 is 15.7 Å². The van der Waals surface area contributed by atoms with Crippen molar-refractivity contribution in [3.05, 3.63) is 40.3 Å². The highest BCUT2D eigenvalue weighted by Gasteiger charge is 2.29. The molecule has 0 unspecified atom stereocenters. The first-order chi connectivity index (χ1) is 10.9. The molecule has 2 heterocycles. The summed E-state index contributed by atoms with van der Waals surface area (Å²) in [7, 11) is 0. The van der Waals surface area contributed by atoms with Gasteiger partial charge in [-0.2, -0.15) is 5.10 Å². The van der Waals surface area contributed by atoms with Gasteiger partial charge in [-0.05, 0) is 18.2 Å². The topological polar surface area (TPSA) is 101 Å². The quantitative estimate of drug-likeness (QED) is 0.873. The van der Waals surface area contributed by atoms with Gasteiger partial charge in [0, 0.05) is 12.1 Å². The Kier molecular flexibility index (Phi) is 3.69. The van der Waals surface area contributed by atoms with Gasteiger partial charge in [0.05, 0.1) is 29.4 Å². The Morgan fingerprint density at radius 1 is 1.35 bits per heavy atom. The summed E-state index contributed by atoms with van der Waals surface area (Å²) in [5.41, 5.74) is 6.69. The van der Waals surface area contributed by atoms with E-state index in [1.165, 1.54) is 23.1 Å². The van der Waals surface area contributed by atoms with Gasteiger partial charge in [-0.1, -0.05) is 11.6 Å². The van der Waals surface area contributed by atoms with Gasteiger partial charge in [-0.15, -0.1) is 0 Å². The Morgan fingerprint density at radius 2 is 2.09 bits per heavy atom. The number of halogens is 2. The number of amides is 2. The summed E-state index contributed by atoms with van der Waals surface area (Å²) in [4.78, 5) is 24.1. The maximum atomic E-state index is 13.3. The molecule has 3 N–H and O–H groups in total. The first kappa shape index (κ1) is 15.3. The number of primary amides is 1. The average Bonchev–Trinajstić information content (AvgIpc) is 2.88. The molecule has 1 aliphatic heterocycles. The van der Waals surface area contributed by atoms with E-state index in [2.05, 4.69) is 5.10 Å². The van der Waals surface area contributed by atoms with Crippen LogP contribution in [0.5, 0.6) is 0 Å². The lowest BCUT2D eigenvalue weighted by Gasteiger charge is -2.25. The Bertz CT molecular complexity index is 821. The normalized spacial score (nSPS) is 13.7. The second-order valence-corrected chi connectivity index (χ2v) is 5.50. The van der Waals surface area contributed by atoms with Crippen molar-refractivity contribution in [2.24, 2.45) is 5.73 Å². The van der Waals surface area contributed by atoms with Crippen LogP contribution in [0.15, 0.2) is 18.2 Å². The molecule has 1 aromatic heterocycles. The molecule has 0 bridgehead atoms. The van der Waals surface area contributed by atoms with Gasteiger partial charge in [0.1, 0.15) is 11.5 Å². The first-order valence-corrected chi connectivity index (χ1v) is 7.09. The number of carbonyl (C=O) groups is 2. The van der Waals surface area contributed by atoms with Crippen LogP contribution in [-0.2, 0) is 13.1 Å². The number of carboxylic acid groups (broad SMARTS) is 1. The zero-order valence-corrected chi connectivity index (χ0v) is 12.5. The molecule has 0 fully saturated rings. The van der Waals surface area contributed by atoms with E-state index in [0.717, 1.165) is 0 Å². The van der Waals surface area contributed by atoms with Gasteiger partial charge in [-0.25, -0.2) is 9.18 Å². The van der Waals surface area contributed by atoms with Crippen LogP contribution in [0.1, 0.15) is 16.1 Å². The Labute approximate surface area is 135 Å². The third kappa shape index (κ3) is 2.61. The molecule has 7 nitrogen and oxygen atoms in total. The molecule has 0 saturated carbocycles. The standard InChI is InChI=1S/C14H12ClFN4O3/c15-8-5-7(1-2-9(8)16)12-11(13(17)21)10-6-19(14(22)23)3-4-20(10)18-12/h1-2,5H,3-4,6H2,(H2,17,21)(H,22,23). The molecule has 3 rings (SSSR count). The maximum absolute atomic E-state index is 13.3. The second kappa shape index (κ2) is 5.54. The van der Waals surface area contributed by atoms with Crippen molar-refractivity contribution >= 4 is 23.6 Å². The summed E-state index contributed by atoms with van der Waals surface area (Å²) in [6.45, 7) is 0.568. The summed E-state index contributed by atoms with van der Waals surface area (Å²) in [5.74, 6) is -1.31. The molecular formula is C14H12ClFN4O3. The van der Waals surface area contributed by atoms with Gasteiger partial charge >= 0.3 is 6.09 Å². The summed E-state index contributed by atoms with van der Waals surface area (Å²) >= 11 is 5.78. The van der Waals surface area contributed by atoms with E-state index in [1.54, 1.807) is 4.68 Å². The highest BCUT2D eigenvalue weighted by molar-refractivity contribution is 6.31. The third-order valence-corrected chi connectivity index (χ3v) is 3.98. The molecule has 0 atom stereocenters. The minimum atomic E-state index is -1.08. The van der Waals surface area contributed by atoms with Gasteiger partial charge in [0.2, 0.25) is 0 Å². The van der Waals surface area contributed by atoms with Crippen LogP contribution in [0.25, 0.3) is 11.3 Å². The van der Waals surface area contributed by atoms with Crippen molar-refractivity contribution in [3.63, 3.8) is 0 Å². The number of rotatable bonds is 2. The van der Waals surface area contributed by atoms with E-state index in [1.807, 2.05) is 0 Å². The lowest BCUT2D eigenvalue weighted by Crippen LogP contribution is -2.38. The number of carbonyl (C=O) groups excluding carboxylic acids is 1. The van der Waals surface area contributed by atoms with E-state index >= 15 is 0 Å². The van der Waals surface area contributed by atoms with Crippen LogP contribution >= 0.6 is 11.6 Å². The number of benzene rings is 1. The number of nitrogens with two attached hydrogens (primary N) is 1. The van der Waals surface area contributed by atoms with Crippen LogP contribution in [0.2, 0.25) is 5.02 Å². The number of hydrogen-bond acceptors (Lipinski definition) is 3. The molecule has 2 amide bonds. The third-order valence-electron chi connectivity index (χ3n) is 3.69. The summed E-state index contributed by atoms with van der Waals surface area (Å²) < 4.78 is 14.9.